The van der Waals surface area contributed by atoms with Crippen LogP contribution in [0.2, 0.25) is 5.02 Å². The van der Waals surface area contributed by atoms with Crippen molar-refractivity contribution < 1.29 is 19.0 Å². The van der Waals surface area contributed by atoms with Crippen molar-refractivity contribution in [1.82, 2.24) is 4.90 Å². The highest BCUT2D eigenvalue weighted by Crippen LogP contribution is 2.40. The topological polar surface area (TPSA) is 51.2 Å². The summed E-state index contributed by atoms with van der Waals surface area (Å²) < 4.78 is 15.8. The average molecular weight is 375 g/mol. The van der Waals surface area contributed by atoms with Crippen LogP contribution in [-0.4, -0.2) is 50.9 Å². The molecule has 0 atom stereocenters. The highest BCUT2D eigenvalue weighted by atomic mass is 35.5. The first-order valence-corrected chi connectivity index (χ1v) is 8.81. The van der Waals surface area contributed by atoms with Crippen LogP contribution in [0.4, 0.5) is 5.69 Å². The third kappa shape index (κ3) is 3.12. The Kier molecular flexibility index (Phi) is 4.51. The molecule has 26 heavy (non-hydrogen) atoms. The molecule has 0 radical (unpaired) electrons. The molecule has 6 nitrogen and oxygen atoms in total. The minimum Gasteiger partial charge on any atom is -0.497 e. The van der Waals surface area contributed by atoms with Crippen LogP contribution in [0.1, 0.15) is 10.4 Å². The highest BCUT2D eigenvalue weighted by molar-refractivity contribution is 6.32. The van der Waals surface area contributed by atoms with Gasteiger partial charge < -0.3 is 24.0 Å². The molecule has 0 aliphatic carbocycles. The molecule has 1 amide bonds. The molecule has 1 fully saturated rings. The van der Waals surface area contributed by atoms with E-state index in [2.05, 4.69) is 4.90 Å². The summed E-state index contributed by atoms with van der Waals surface area (Å²) in [6.07, 6.45) is 0. The molecule has 0 spiro atoms. The lowest BCUT2D eigenvalue weighted by Crippen LogP contribution is -2.48. The van der Waals surface area contributed by atoms with Gasteiger partial charge in [0, 0.05) is 37.4 Å². The number of amides is 1. The van der Waals surface area contributed by atoms with E-state index in [4.69, 9.17) is 25.8 Å². The van der Waals surface area contributed by atoms with E-state index in [0.717, 1.165) is 24.5 Å². The summed E-state index contributed by atoms with van der Waals surface area (Å²) >= 11 is 6.19. The minimum absolute atomic E-state index is 0.0421. The molecule has 0 bridgehead atoms. The number of carbonyl (C=O) groups excluding carboxylic acids is 1. The SMILES string of the molecule is COc1ccc(N2CCN(C(=O)c3cc(Cl)c4c(c3)OCO4)CC2)cc1. The first kappa shape index (κ1) is 16.8. The molecule has 2 aliphatic heterocycles. The smallest absolute Gasteiger partial charge is 0.254 e. The van der Waals surface area contributed by atoms with Crippen molar-refractivity contribution in [2.75, 3.05) is 45.0 Å². The molecule has 2 aromatic rings. The Labute approximate surface area is 156 Å². The largest absolute Gasteiger partial charge is 0.497 e. The van der Waals surface area contributed by atoms with Crippen molar-refractivity contribution in [2.24, 2.45) is 0 Å². The normalized spacial score (nSPS) is 15.9. The summed E-state index contributed by atoms with van der Waals surface area (Å²) in [5, 5.41) is 0.403. The summed E-state index contributed by atoms with van der Waals surface area (Å²) in [6, 6.07) is 11.3. The summed E-state index contributed by atoms with van der Waals surface area (Å²) in [5.41, 5.74) is 1.65. The average Bonchev–Trinajstić information content (AvgIpc) is 3.17. The highest BCUT2D eigenvalue weighted by Gasteiger charge is 2.26. The lowest BCUT2D eigenvalue weighted by Gasteiger charge is -2.36. The van der Waals surface area contributed by atoms with E-state index in [9.17, 15) is 4.79 Å². The lowest BCUT2D eigenvalue weighted by molar-refractivity contribution is 0.0746. The van der Waals surface area contributed by atoms with Gasteiger partial charge >= 0.3 is 0 Å². The number of hydrogen-bond donors (Lipinski definition) is 0. The van der Waals surface area contributed by atoms with Crippen molar-refractivity contribution in [1.29, 1.82) is 0 Å². The maximum Gasteiger partial charge on any atom is 0.254 e. The Morgan fingerprint density at radius 3 is 2.50 bits per heavy atom. The van der Waals surface area contributed by atoms with E-state index in [1.54, 1.807) is 19.2 Å². The van der Waals surface area contributed by atoms with Crippen molar-refractivity contribution in [3.05, 3.63) is 47.0 Å². The molecule has 1 saturated heterocycles. The molecule has 0 saturated carbocycles. The Morgan fingerprint density at radius 1 is 1.08 bits per heavy atom. The third-order valence-electron chi connectivity index (χ3n) is 4.68. The minimum atomic E-state index is -0.0421. The van der Waals surface area contributed by atoms with Gasteiger partial charge in [0.05, 0.1) is 12.1 Å². The number of rotatable bonds is 3. The van der Waals surface area contributed by atoms with Crippen molar-refractivity contribution in [3.8, 4) is 17.2 Å². The molecule has 2 aliphatic rings. The van der Waals surface area contributed by atoms with Gasteiger partial charge in [-0.1, -0.05) is 11.6 Å². The molecule has 0 N–H and O–H groups in total. The van der Waals surface area contributed by atoms with Crippen molar-refractivity contribution in [2.45, 2.75) is 0 Å². The van der Waals surface area contributed by atoms with Gasteiger partial charge in [0.25, 0.3) is 5.91 Å². The maximum atomic E-state index is 12.8. The molecule has 0 unspecified atom stereocenters. The quantitative estimate of drug-likeness (QED) is 0.826. The van der Waals surface area contributed by atoms with Crippen LogP contribution in [0.15, 0.2) is 36.4 Å². The molecular weight excluding hydrogens is 356 g/mol. The number of methoxy groups -OCH3 is 1. The van der Waals surface area contributed by atoms with Crippen LogP contribution in [0.25, 0.3) is 0 Å². The summed E-state index contributed by atoms with van der Waals surface area (Å²) in [7, 11) is 1.65. The van der Waals surface area contributed by atoms with E-state index >= 15 is 0 Å². The van der Waals surface area contributed by atoms with Crippen molar-refractivity contribution >= 4 is 23.2 Å². The molecule has 2 heterocycles. The number of nitrogens with zero attached hydrogens (tertiary/aromatic N) is 2. The molecule has 0 aromatic heterocycles. The number of piperazine rings is 1. The van der Waals surface area contributed by atoms with Gasteiger partial charge in [-0.15, -0.1) is 0 Å². The van der Waals surface area contributed by atoms with Gasteiger partial charge in [0.2, 0.25) is 6.79 Å². The third-order valence-corrected chi connectivity index (χ3v) is 4.96. The zero-order valence-corrected chi connectivity index (χ0v) is 15.2. The predicted octanol–water partition coefficient (Wildman–Crippen LogP) is 3.04. The van der Waals surface area contributed by atoms with Crippen LogP contribution in [0.5, 0.6) is 17.2 Å². The van der Waals surface area contributed by atoms with E-state index in [1.165, 1.54) is 0 Å². The number of halogens is 1. The number of benzene rings is 2. The fourth-order valence-electron chi connectivity index (χ4n) is 3.23. The standard InChI is InChI=1S/C19H19ClN2O4/c1-24-15-4-2-14(3-5-15)21-6-8-22(9-7-21)19(23)13-10-16(20)18-17(11-13)25-12-26-18/h2-5,10-11H,6-9,12H2,1H3. The Morgan fingerprint density at radius 2 is 1.81 bits per heavy atom. The monoisotopic (exact) mass is 374 g/mol. The maximum absolute atomic E-state index is 12.8. The molecule has 136 valence electrons. The number of ether oxygens (including phenoxy) is 3. The number of anilines is 1. The summed E-state index contributed by atoms with van der Waals surface area (Å²) in [4.78, 5) is 16.9. The van der Waals surface area contributed by atoms with Gasteiger partial charge in [-0.2, -0.15) is 0 Å². The Hall–Kier alpha value is -2.60. The van der Waals surface area contributed by atoms with Gasteiger partial charge in [0.15, 0.2) is 11.5 Å². The fourth-order valence-corrected chi connectivity index (χ4v) is 3.50. The van der Waals surface area contributed by atoms with E-state index < -0.39 is 0 Å². The van der Waals surface area contributed by atoms with Crippen LogP contribution in [-0.2, 0) is 0 Å². The summed E-state index contributed by atoms with van der Waals surface area (Å²) in [6.45, 7) is 2.98. The molecular formula is C19H19ClN2O4. The lowest BCUT2D eigenvalue weighted by atomic mass is 10.1. The van der Waals surface area contributed by atoms with Gasteiger partial charge in [0.1, 0.15) is 5.75 Å². The molecule has 7 heteroatoms. The van der Waals surface area contributed by atoms with E-state index in [-0.39, 0.29) is 12.7 Å². The number of hydrogen-bond acceptors (Lipinski definition) is 5. The van der Waals surface area contributed by atoms with E-state index in [1.807, 2.05) is 29.2 Å². The Bertz CT molecular complexity index is 817. The van der Waals surface area contributed by atoms with Gasteiger partial charge in [-0.25, -0.2) is 0 Å². The second-order valence-corrected chi connectivity index (χ2v) is 6.58. The van der Waals surface area contributed by atoms with Crippen LogP contribution >= 0.6 is 11.6 Å². The Balaban J connectivity index is 1.43. The second-order valence-electron chi connectivity index (χ2n) is 6.17. The zero-order chi connectivity index (χ0) is 18.1. The van der Waals surface area contributed by atoms with Crippen molar-refractivity contribution in [3.63, 3.8) is 0 Å². The molecule has 4 rings (SSSR count). The van der Waals surface area contributed by atoms with Crippen LogP contribution in [0, 0.1) is 0 Å². The molecule has 2 aromatic carbocycles. The first-order valence-electron chi connectivity index (χ1n) is 8.43. The zero-order valence-electron chi connectivity index (χ0n) is 14.4. The predicted molar refractivity (Wildman–Crippen MR) is 98.7 cm³/mol. The summed E-state index contributed by atoms with van der Waals surface area (Å²) in [5.74, 6) is 1.83. The van der Waals surface area contributed by atoms with Gasteiger partial charge in [-0.3, -0.25) is 4.79 Å². The second kappa shape index (κ2) is 6.96. The first-order chi connectivity index (χ1) is 12.7. The van der Waals surface area contributed by atoms with Gasteiger partial charge in [-0.05, 0) is 36.4 Å². The number of fused-ring (bicyclic) bond motifs is 1. The van der Waals surface area contributed by atoms with E-state index in [0.29, 0.717) is 35.2 Å². The van der Waals surface area contributed by atoms with Crippen LogP contribution < -0.4 is 19.1 Å². The fraction of sp³-hybridized carbons (Fsp3) is 0.316. The number of carbonyl (C=O) groups is 1. The van der Waals surface area contributed by atoms with Crippen LogP contribution in [0.3, 0.4) is 0 Å².